The Morgan fingerprint density at radius 1 is 1.03 bits per heavy atom. The van der Waals surface area contributed by atoms with Gasteiger partial charge in [0.2, 0.25) is 5.91 Å². The number of carbonyl (C=O) groups excluding carboxylic acids is 1. The van der Waals surface area contributed by atoms with Crippen LogP contribution in [0.3, 0.4) is 0 Å². The van der Waals surface area contributed by atoms with Crippen molar-refractivity contribution in [3.63, 3.8) is 0 Å². The normalized spacial score (nSPS) is 16.9. The molecule has 1 saturated carbocycles. The van der Waals surface area contributed by atoms with Crippen molar-refractivity contribution >= 4 is 39.5 Å². The number of imidazole rings is 1. The lowest BCUT2D eigenvalue weighted by Crippen LogP contribution is -2.44. The summed E-state index contributed by atoms with van der Waals surface area (Å²) in [5, 5.41) is 11.5. The third-order valence-electron chi connectivity index (χ3n) is 7.89. The molecule has 6 heterocycles. The van der Waals surface area contributed by atoms with E-state index in [1.807, 2.05) is 24.4 Å². The van der Waals surface area contributed by atoms with Gasteiger partial charge in [-0.1, -0.05) is 12.8 Å². The van der Waals surface area contributed by atoms with Gasteiger partial charge in [0.25, 0.3) is 0 Å². The number of hydrogen-bond donors (Lipinski definition) is 3. The Kier molecular flexibility index (Phi) is 5.92. The van der Waals surface area contributed by atoms with Crippen LogP contribution < -0.4 is 10.2 Å². The van der Waals surface area contributed by atoms with E-state index in [9.17, 15) is 4.79 Å². The second kappa shape index (κ2) is 9.73. The van der Waals surface area contributed by atoms with E-state index in [1.165, 1.54) is 0 Å². The lowest BCUT2D eigenvalue weighted by molar-refractivity contribution is -0.119. The number of aromatic nitrogens is 7. The number of hydrogen-bond acceptors (Lipinski definition) is 8. The predicted octanol–water partition coefficient (Wildman–Crippen LogP) is 3.84. The highest BCUT2D eigenvalue weighted by Gasteiger charge is 2.23. The number of nitrogens with zero attached hydrogens (tertiary/aromatic N) is 7. The summed E-state index contributed by atoms with van der Waals surface area (Å²) in [5.74, 6) is 1.72. The zero-order valence-electron chi connectivity index (χ0n) is 21.8. The summed E-state index contributed by atoms with van der Waals surface area (Å²) in [4.78, 5) is 39.3. The Morgan fingerprint density at radius 2 is 1.85 bits per heavy atom. The van der Waals surface area contributed by atoms with Crippen LogP contribution >= 0.6 is 0 Å². The molecule has 0 bridgehead atoms. The Morgan fingerprint density at radius 3 is 2.69 bits per heavy atom. The molecule has 0 atom stereocenters. The number of piperazine rings is 1. The summed E-state index contributed by atoms with van der Waals surface area (Å²) < 4.78 is 0. The molecule has 5 aromatic heterocycles. The van der Waals surface area contributed by atoms with Crippen molar-refractivity contribution in [2.75, 3.05) is 43.4 Å². The first-order valence-electron chi connectivity index (χ1n) is 13.5. The minimum atomic E-state index is 0.0764. The maximum absolute atomic E-state index is 12.6. The minimum Gasteiger partial charge on any atom is -0.352 e. The fourth-order valence-corrected chi connectivity index (χ4v) is 5.62. The quantitative estimate of drug-likeness (QED) is 0.317. The fraction of sp³-hybridized carbons (Fsp3) is 0.357. The van der Waals surface area contributed by atoms with Crippen LogP contribution in [0, 0.1) is 5.92 Å². The first-order valence-corrected chi connectivity index (χ1v) is 13.5. The molecule has 7 rings (SSSR count). The third kappa shape index (κ3) is 4.48. The van der Waals surface area contributed by atoms with Gasteiger partial charge in [-0.05, 0) is 38.1 Å². The lowest BCUT2D eigenvalue weighted by Gasteiger charge is -2.33. The van der Waals surface area contributed by atoms with Crippen molar-refractivity contribution in [2.24, 2.45) is 5.92 Å². The monoisotopic (exact) mass is 522 g/mol. The van der Waals surface area contributed by atoms with Crippen molar-refractivity contribution in [3.8, 4) is 22.6 Å². The molecule has 0 spiro atoms. The molecule has 0 unspecified atom stereocenters. The number of rotatable bonds is 5. The minimum absolute atomic E-state index is 0.0764. The van der Waals surface area contributed by atoms with Crippen LogP contribution in [0.15, 0.2) is 43.0 Å². The molecular formula is C28H30N10O. The largest absolute Gasteiger partial charge is 0.352 e. The van der Waals surface area contributed by atoms with Crippen LogP contribution in [0.25, 0.3) is 44.7 Å². The number of fused-ring (bicyclic) bond motifs is 2. The van der Waals surface area contributed by atoms with Gasteiger partial charge in [0, 0.05) is 61.8 Å². The number of H-pyrrole nitrogens is 2. The standard InChI is InChI=1S/C28H30N10O/c1-37-8-10-38(11-9-37)27-24-22(6-7-30-27)33-26(34-24)23-21-13-19(15-31-25(21)36-35-23)18-12-20(16-29-14-18)32-28(39)17-4-2-3-5-17/h6-7,12-17H,2-5,8-11H2,1H3,(H,32,39)(H,33,34)(H,31,35,36). The smallest absolute Gasteiger partial charge is 0.227 e. The van der Waals surface area contributed by atoms with Crippen molar-refractivity contribution in [3.05, 3.63) is 43.0 Å². The maximum atomic E-state index is 12.6. The Bertz CT molecular complexity index is 1660. The van der Waals surface area contributed by atoms with Crippen molar-refractivity contribution in [2.45, 2.75) is 25.7 Å². The molecule has 1 amide bonds. The lowest BCUT2D eigenvalue weighted by atomic mass is 10.1. The predicted molar refractivity (Wildman–Crippen MR) is 150 cm³/mol. The average Bonchev–Trinajstić information content (AvgIpc) is 3.73. The average molecular weight is 523 g/mol. The van der Waals surface area contributed by atoms with Gasteiger partial charge >= 0.3 is 0 Å². The molecule has 11 nitrogen and oxygen atoms in total. The summed E-state index contributed by atoms with van der Waals surface area (Å²) in [6.07, 6.45) is 11.2. The Balaban J connectivity index is 1.21. The number of nitrogens with one attached hydrogen (secondary N) is 3. The van der Waals surface area contributed by atoms with E-state index in [4.69, 9.17) is 4.98 Å². The molecule has 1 aliphatic carbocycles. The van der Waals surface area contributed by atoms with Gasteiger partial charge in [-0.15, -0.1) is 0 Å². The van der Waals surface area contributed by atoms with Crippen LogP contribution in [0.1, 0.15) is 25.7 Å². The number of likely N-dealkylation sites (N-methyl/N-ethyl adjacent to an activating group) is 1. The number of aromatic amines is 2. The summed E-state index contributed by atoms with van der Waals surface area (Å²) in [6, 6.07) is 5.92. The zero-order valence-corrected chi connectivity index (χ0v) is 21.8. The van der Waals surface area contributed by atoms with Crippen LogP contribution in [0.4, 0.5) is 11.5 Å². The van der Waals surface area contributed by atoms with E-state index in [0.717, 1.165) is 85.2 Å². The molecule has 198 valence electrons. The summed E-state index contributed by atoms with van der Waals surface area (Å²) in [5.41, 5.74) is 5.57. The van der Waals surface area contributed by atoms with Crippen LogP contribution in [0.2, 0.25) is 0 Å². The van der Waals surface area contributed by atoms with Crippen molar-refractivity contribution < 1.29 is 4.79 Å². The first-order chi connectivity index (χ1) is 19.1. The molecule has 1 saturated heterocycles. The Hall–Kier alpha value is -4.38. The molecule has 2 fully saturated rings. The first kappa shape index (κ1) is 23.7. The number of carbonyl (C=O) groups is 1. The van der Waals surface area contributed by atoms with E-state index < -0.39 is 0 Å². The SMILES string of the molecule is CN1CCN(c2nccc3[nH]c(-c4n[nH]c5ncc(-c6cncc(NC(=O)C7CCCC7)c6)cc45)nc23)CC1. The highest BCUT2D eigenvalue weighted by Crippen LogP contribution is 2.32. The molecule has 2 aliphatic rings. The van der Waals surface area contributed by atoms with Crippen molar-refractivity contribution in [1.29, 1.82) is 0 Å². The van der Waals surface area contributed by atoms with E-state index in [1.54, 1.807) is 18.6 Å². The van der Waals surface area contributed by atoms with Crippen molar-refractivity contribution in [1.82, 2.24) is 40.0 Å². The topological polar surface area (TPSA) is 132 Å². The molecule has 3 N–H and O–H groups in total. The van der Waals surface area contributed by atoms with Gasteiger partial charge in [0.1, 0.15) is 11.2 Å². The molecule has 1 aliphatic heterocycles. The number of anilines is 2. The van der Waals surface area contributed by atoms with Crippen LogP contribution in [0.5, 0.6) is 0 Å². The molecule has 11 heteroatoms. The summed E-state index contributed by atoms with van der Waals surface area (Å²) in [6.45, 7) is 3.82. The number of pyridine rings is 3. The second-order valence-electron chi connectivity index (χ2n) is 10.5. The molecule has 0 radical (unpaired) electrons. The van der Waals surface area contributed by atoms with E-state index in [-0.39, 0.29) is 11.8 Å². The summed E-state index contributed by atoms with van der Waals surface area (Å²) in [7, 11) is 2.14. The van der Waals surface area contributed by atoms with E-state index in [0.29, 0.717) is 22.9 Å². The molecule has 0 aromatic carbocycles. The fourth-order valence-electron chi connectivity index (χ4n) is 5.62. The van der Waals surface area contributed by atoms with Gasteiger partial charge in [-0.3, -0.25) is 14.9 Å². The zero-order chi connectivity index (χ0) is 26.3. The summed E-state index contributed by atoms with van der Waals surface area (Å²) >= 11 is 0. The number of amides is 1. The second-order valence-corrected chi connectivity index (χ2v) is 10.5. The van der Waals surface area contributed by atoms with Gasteiger partial charge in [-0.25, -0.2) is 15.0 Å². The molecule has 39 heavy (non-hydrogen) atoms. The van der Waals surface area contributed by atoms with Gasteiger partial charge < -0.3 is 20.1 Å². The third-order valence-corrected chi connectivity index (χ3v) is 7.89. The van der Waals surface area contributed by atoms with Crippen LogP contribution in [-0.2, 0) is 4.79 Å². The van der Waals surface area contributed by atoms with Crippen LogP contribution in [-0.4, -0.2) is 79.2 Å². The van der Waals surface area contributed by atoms with E-state index >= 15 is 0 Å². The van der Waals surface area contributed by atoms with E-state index in [2.05, 4.69) is 52.3 Å². The highest BCUT2D eigenvalue weighted by molar-refractivity contribution is 5.96. The molecule has 5 aromatic rings. The highest BCUT2D eigenvalue weighted by atomic mass is 16.1. The maximum Gasteiger partial charge on any atom is 0.227 e. The van der Waals surface area contributed by atoms with Gasteiger partial charge in [0.15, 0.2) is 17.3 Å². The van der Waals surface area contributed by atoms with Gasteiger partial charge in [-0.2, -0.15) is 5.10 Å². The Labute approximate surface area is 225 Å². The molecular weight excluding hydrogens is 492 g/mol. The van der Waals surface area contributed by atoms with Gasteiger partial charge in [0.05, 0.1) is 22.8 Å².